The van der Waals surface area contributed by atoms with Gasteiger partial charge in [-0.1, -0.05) is 0 Å². The molecule has 0 atom stereocenters. The van der Waals surface area contributed by atoms with Crippen LogP contribution in [0.3, 0.4) is 0 Å². The largest absolute Gasteiger partial charge is 1.00 e. The molecule has 0 aliphatic carbocycles. The molecule has 0 saturated heterocycles. The first-order valence-corrected chi connectivity index (χ1v) is 3.42. The van der Waals surface area contributed by atoms with Crippen LogP contribution in [0.5, 0.6) is 5.75 Å². The van der Waals surface area contributed by atoms with E-state index >= 15 is 0 Å². The van der Waals surface area contributed by atoms with Gasteiger partial charge in [-0.3, -0.25) is 0 Å². The first-order valence-electron chi connectivity index (χ1n) is 3.42. The van der Waals surface area contributed by atoms with Gasteiger partial charge in [0.2, 0.25) is 0 Å². The molecular weight excluding hydrogens is 196 g/mol. The second kappa shape index (κ2) is 8.97. The number of halogens is 1. The average Bonchev–Trinajstić information content (AvgIpc) is 2.20. The fourth-order valence-corrected chi connectivity index (χ4v) is 0.745. The molecule has 0 radical (unpaired) electrons. The van der Waals surface area contributed by atoms with Gasteiger partial charge in [-0.2, -0.15) is 12.4 Å². The Kier molecular flexibility index (Phi) is 10.2. The third-order valence-electron chi connectivity index (χ3n) is 1.24. The number of nitriles is 1. The van der Waals surface area contributed by atoms with Gasteiger partial charge in [-0.05, 0) is 12.1 Å². The fraction of sp³-hybridized carbons (Fsp3) is 0.222. The normalized spacial score (nSPS) is 7.36. The molecule has 1 aromatic rings. The van der Waals surface area contributed by atoms with Gasteiger partial charge < -0.3 is 9.84 Å². The van der Waals surface area contributed by atoms with Crippen LogP contribution in [0, 0.1) is 17.1 Å². The van der Waals surface area contributed by atoms with Crippen LogP contribution < -0.4 is 39.4 Å². The standard InChI is InChI=1S/C8H6FNO.CH3O.Na/c1-11-8-3-6(5-10)2-7(9)4-8;1-2;/h2-4H,1H3;1H3;/q;-1;+1. The van der Waals surface area contributed by atoms with Crippen molar-refractivity contribution in [2.75, 3.05) is 14.2 Å². The number of hydrogen-bond donors (Lipinski definition) is 0. The molecule has 0 N–H and O–H groups in total. The minimum atomic E-state index is -0.457. The Morgan fingerprint density at radius 2 is 1.93 bits per heavy atom. The molecule has 0 unspecified atom stereocenters. The van der Waals surface area contributed by atoms with Crippen molar-refractivity contribution in [3.8, 4) is 11.8 Å². The molecule has 0 aliphatic rings. The predicted molar refractivity (Wildman–Crippen MR) is 43.6 cm³/mol. The summed E-state index contributed by atoms with van der Waals surface area (Å²) in [5.41, 5.74) is 0.266. The zero-order chi connectivity index (χ0) is 10.3. The number of hydrogen-bond acceptors (Lipinski definition) is 3. The Bertz CT molecular complexity index is 312. The summed E-state index contributed by atoms with van der Waals surface area (Å²) in [6.45, 7) is 0. The minimum absolute atomic E-state index is 0. The molecule has 0 spiro atoms. The maximum absolute atomic E-state index is 12.6. The molecule has 0 fully saturated rings. The van der Waals surface area contributed by atoms with Crippen LogP contribution >= 0.6 is 0 Å². The van der Waals surface area contributed by atoms with E-state index in [0.717, 1.165) is 13.2 Å². The predicted octanol–water partition coefficient (Wildman–Crippen LogP) is -2.31. The summed E-state index contributed by atoms with van der Waals surface area (Å²) in [5.74, 6) is -0.0950. The maximum Gasteiger partial charge on any atom is 1.00 e. The molecule has 0 amide bonds. The summed E-state index contributed by atoms with van der Waals surface area (Å²) in [5, 5.41) is 16.7. The van der Waals surface area contributed by atoms with Crippen molar-refractivity contribution in [3.05, 3.63) is 29.6 Å². The quantitative estimate of drug-likeness (QED) is 0.484. The number of methoxy groups -OCH3 is 1. The van der Waals surface area contributed by atoms with Gasteiger partial charge in [0.05, 0.1) is 18.7 Å². The van der Waals surface area contributed by atoms with Gasteiger partial charge in [0.15, 0.2) is 0 Å². The molecule has 14 heavy (non-hydrogen) atoms. The van der Waals surface area contributed by atoms with Crippen molar-refractivity contribution in [3.63, 3.8) is 0 Å². The van der Waals surface area contributed by atoms with E-state index in [1.165, 1.54) is 19.2 Å². The van der Waals surface area contributed by atoms with E-state index in [1.54, 1.807) is 0 Å². The van der Waals surface area contributed by atoms with Crippen LogP contribution in [0.15, 0.2) is 18.2 Å². The Morgan fingerprint density at radius 3 is 2.36 bits per heavy atom. The summed E-state index contributed by atoms with van der Waals surface area (Å²) < 4.78 is 17.3. The van der Waals surface area contributed by atoms with E-state index in [2.05, 4.69) is 0 Å². The smallest absolute Gasteiger partial charge is 0.857 e. The summed E-state index contributed by atoms with van der Waals surface area (Å²) in [4.78, 5) is 0. The molecule has 1 rings (SSSR count). The van der Waals surface area contributed by atoms with Crippen molar-refractivity contribution < 1.29 is 43.8 Å². The van der Waals surface area contributed by atoms with Crippen molar-refractivity contribution >= 4 is 0 Å². The van der Waals surface area contributed by atoms with E-state index in [0.29, 0.717) is 5.75 Å². The summed E-state index contributed by atoms with van der Waals surface area (Å²) in [7, 11) is 2.18. The van der Waals surface area contributed by atoms with Crippen LogP contribution in [-0.2, 0) is 0 Å². The van der Waals surface area contributed by atoms with Gasteiger partial charge in [-0.15, -0.1) is 0 Å². The van der Waals surface area contributed by atoms with Crippen molar-refractivity contribution in [1.82, 2.24) is 0 Å². The van der Waals surface area contributed by atoms with Crippen LogP contribution in [0.25, 0.3) is 0 Å². The molecule has 0 aliphatic heterocycles. The first kappa shape index (κ1) is 15.9. The molecule has 0 heterocycles. The maximum atomic E-state index is 12.6. The third-order valence-corrected chi connectivity index (χ3v) is 1.24. The minimum Gasteiger partial charge on any atom is -0.857 e. The summed E-state index contributed by atoms with van der Waals surface area (Å²) in [6.07, 6.45) is 0. The average molecular weight is 205 g/mol. The molecule has 5 heteroatoms. The summed E-state index contributed by atoms with van der Waals surface area (Å²) >= 11 is 0. The number of rotatable bonds is 1. The van der Waals surface area contributed by atoms with Crippen LogP contribution in [-0.4, -0.2) is 14.2 Å². The first-order chi connectivity index (χ1) is 6.26. The molecule has 0 bridgehead atoms. The Balaban J connectivity index is 0. The molecule has 70 valence electrons. The molecule has 0 saturated carbocycles. The monoisotopic (exact) mass is 205 g/mol. The zero-order valence-electron chi connectivity index (χ0n) is 8.37. The van der Waals surface area contributed by atoms with Crippen molar-refractivity contribution in [1.29, 1.82) is 5.26 Å². The van der Waals surface area contributed by atoms with E-state index in [-0.39, 0.29) is 35.1 Å². The van der Waals surface area contributed by atoms with E-state index < -0.39 is 5.82 Å². The summed E-state index contributed by atoms with van der Waals surface area (Å²) in [6, 6.07) is 5.68. The molecule has 0 aromatic heterocycles. The Hall–Kier alpha value is -0.600. The number of ether oxygens (including phenoxy) is 1. The fourth-order valence-electron chi connectivity index (χ4n) is 0.745. The topological polar surface area (TPSA) is 56.1 Å². The molecule has 1 aromatic carbocycles. The van der Waals surface area contributed by atoms with Gasteiger partial charge in [-0.25, -0.2) is 4.39 Å². The van der Waals surface area contributed by atoms with Gasteiger partial charge in [0, 0.05) is 6.07 Å². The second-order valence-electron chi connectivity index (χ2n) is 1.99. The van der Waals surface area contributed by atoms with E-state index in [9.17, 15) is 4.39 Å². The Labute approximate surface area is 104 Å². The van der Waals surface area contributed by atoms with Crippen molar-refractivity contribution in [2.45, 2.75) is 0 Å². The molecule has 3 nitrogen and oxygen atoms in total. The zero-order valence-corrected chi connectivity index (χ0v) is 10.4. The Morgan fingerprint density at radius 1 is 1.36 bits per heavy atom. The number of benzene rings is 1. The van der Waals surface area contributed by atoms with Gasteiger partial charge in [0.25, 0.3) is 0 Å². The van der Waals surface area contributed by atoms with Gasteiger partial charge in [0.1, 0.15) is 11.6 Å². The SMILES string of the molecule is COc1cc(F)cc(C#N)c1.C[O-].[Na+]. The van der Waals surface area contributed by atoms with Gasteiger partial charge >= 0.3 is 29.6 Å². The number of nitrogens with zero attached hydrogens (tertiary/aromatic N) is 1. The third kappa shape index (κ3) is 5.20. The van der Waals surface area contributed by atoms with Crippen LogP contribution in [0.4, 0.5) is 4.39 Å². The second-order valence-corrected chi connectivity index (χ2v) is 1.99. The van der Waals surface area contributed by atoms with Crippen LogP contribution in [0.2, 0.25) is 0 Å². The van der Waals surface area contributed by atoms with E-state index in [4.69, 9.17) is 15.1 Å². The molecular formula is C9H9FNNaO2. The van der Waals surface area contributed by atoms with Crippen LogP contribution in [0.1, 0.15) is 5.56 Å². The van der Waals surface area contributed by atoms with E-state index in [1.807, 2.05) is 6.07 Å². The van der Waals surface area contributed by atoms with Crippen molar-refractivity contribution in [2.24, 2.45) is 0 Å².